The molecule has 1 fully saturated rings. The zero-order valence-corrected chi connectivity index (χ0v) is 13.0. The molecule has 0 bridgehead atoms. The van der Waals surface area contributed by atoms with Crippen LogP contribution in [0.5, 0.6) is 11.5 Å². The van der Waals surface area contributed by atoms with Crippen molar-refractivity contribution in [3.63, 3.8) is 0 Å². The lowest BCUT2D eigenvalue weighted by molar-refractivity contribution is 0.277. The van der Waals surface area contributed by atoms with Gasteiger partial charge < -0.3 is 14.8 Å². The summed E-state index contributed by atoms with van der Waals surface area (Å²) in [5, 5.41) is 3.42. The molecule has 2 aromatic carbocycles. The summed E-state index contributed by atoms with van der Waals surface area (Å²) >= 11 is 0. The average Bonchev–Trinajstić information content (AvgIpc) is 2.61. The van der Waals surface area contributed by atoms with E-state index in [1.165, 1.54) is 11.1 Å². The molecule has 116 valence electrons. The van der Waals surface area contributed by atoms with Gasteiger partial charge in [0.05, 0.1) is 7.11 Å². The van der Waals surface area contributed by atoms with Gasteiger partial charge in [-0.2, -0.15) is 0 Å². The van der Waals surface area contributed by atoms with Gasteiger partial charge in [0.15, 0.2) is 11.5 Å². The van der Waals surface area contributed by atoms with Crippen LogP contribution in [0.1, 0.15) is 29.9 Å². The Balaban J connectivity index is 1.83. The smallest absolute Gasteiger partial charge is 0.165 e. The Kier molecular flexibility index (Phi) is 4.96. The second-order valence-electron chi connectivity index (χ2n) is 5.68. The third kappa shape index (κ3) is 3.42. The van der Waals surface area contributed by atoms with E-state index >= 15 is 0 Å². The first-order chi connectivity index (χ1) is 10.9. The summed E-state index contributed by atoms with van der Waals surface area (Å²) in [6.45, 7) is 2.71. The Morgan fingerprint density at radius 1 is 1.00 bits per heavy atom. The van der Waals surface area contributed by atoms with Gasteiger partial charge in [-0.05, 0) is 43.5 Å². The zero-order valence-electron chi connectivity index (χ0n) is 13.0. The fourth-order valence-electron chi connectivity index (χ4n) is 3.03. The zero-order chi connectivity index (χ0) is 15.2. The molecule has 3 nitrogen and oxygen atoms in total. The molecule has 22 heavy (non-hydrogen) atoms. The van der Waals surface area contributed by atoms with Crippen molar-refractivity contribution in [2.24, 2.45) is 0 Å². The molecule has 1 N–H and O–H groups in total. The van der Waals surface area contributed by atoms with E-state index < -0.39 is 0 Å². The van der Waals surface area contributed by atoms with Crippen molar-refractivity contribution in [1.82, 2.24) is 5.32 Å². The molecule has 0 atom stereocenters. The van der Waals surface area contributed by atoms with Crippen LogP contribution in [-0.4, -0.2) is 20.2 Å². The van der Waals surface area contributed by atoms with Gasteiger partial charge >= 0.3 is 0 Å². The lowest BCUT2D eigenvalue weighted by atomic mass is 9.89. The van der Waals surface area contributed by atoms with Crippen molar-refractivity contribution in [2.75, 3.05) is 20.2 Å². The molecule has 0 radical (unpaired) electrons. The van der Waals surface area contributed by atoms with Crippen molar-refractivity contribution < 1.29 is 9.47 Å². The lowest BCUT2D eigenvalue weighted by Gasteiger charge is -2.26. The summed E-state index contributed by atoms with van der Waals surface area (Å²) in [5.74, 6) is 2.27. The monoisotopic (exact) mass is 297 g/mol. The standard InChI is InChI=1S/C19H23NO2/c1-21-18-9-5-8-17(16-10-12-20-13-11-16)19(18)22-14-15-6-3-2-4-7-15/h2-9,16,20H,10-14H2,1H3. The maximum absolute atomic E-state index is 6.15. The summed E-state index contributed by atoms with van der Waals surface area (Å²) in [4.78, 5) is 0. The molecular weight excluding hydrogens is 274 g/mol. The fourth-order valence-corrected chi connectivity index (χ4v) is 3.03. The molecule has 1 heterocycles. The van der Waals surface area contributed by atoms with E-state index in [9.17, 15) is 0 Å². The highest BCUT2D eigenvalue weighted by Crippen LogP contribution is 2.39. The number of methoxy groups -OCH3 is 1. The van der Waals surface area contributed by atoms with Crippen molar-refractivity contribution in [1.29, 1.82) is 0 Å². The molecule has 0 aromatic heterocycles. The van der Waals surface area contributed by atoms with E-state index in [0.717, 1.165) is 37.4 Å². The number of para-hydroxylation sites is 1. The highest BCUT2D eigenvalue weighted by molar-refractivity contribution is 5.48. The van der Waals surface area contributed by atoms with Crippen LogP contribution in [0.4, 0.5) is 0 Å². The van der Waals surface area contributed by atoms with Gasteiger partial charge in [0.1, 0.15) is 6.61 Å². The van der Waals surface area contributed by atoms with E-state index in [2.05, 4.69) is 29.6 Å². The average molecular weight is 297 g/mol. The van der Waals surface area contributed by atoms with Crippen LogP contribution in [0, 0.1) is 0 Å². The van der Waals surface area contributed by atoms with E-state index in [-0.39, 0.29) is 0 Å². The number of nitrogens with one attached hydrogen (secondary N) is 1. The van der Waals surface area contributed by atoms with E-state index in [4.69, 9.17) is 9.47 Å². The predicted octanol–water partition coefficient (Wildman–Crippen LogP) is 3.74. The molecule has 0 spiro atoms. The van der Waals surface area contributed by atoms with E-state index in [1.807, 2.05) is 24.3 Å². The van der Waals surface area contributed by atoms with Gasteiger partial charge in [0.25, 0.3) is 0 Å². The van der Waals surface area contributed by atoms with Crippen LogP contribution in [0.15, 0.2) is 48.5 Å². The summed E-state index contributed by atoms with van der Waals surface area (Å²) < 4.78 is 11.7. The topological polar surface area (TPSA) is 30.5 Å². The molecule has 1 aliphatic rings. The summed E-state index contributed by atoms with van der Waals surface area (Å²) in [6.07, 6.45) is 2.30. The van der Waals surface area contributed by atoms with Crippen LogP contribution in [-0.2, 0) is 6.61 Å². The molecule has 2 aromatic rings. The predicted molar refractivity (Wildman–Crippen MR) is 88.6 cm³/mol. The first-order valence-electron chi connectivity index (χ1n) is 7.93. The Morgan fingerprint density at radius 2 is 1.77 bits per heavy atom. The van der Waals surface area contributed by atoms with Crippen LogP contribution in [0.25, 0.3) is 0 Å². The second kappa shape index (κ2) is 7.32. The normalized spacial score (nSPS) is 15.5. The molecule has 1 aliphatic heterocycles. The quantitative estimate of drug-likeness (QED) is 0.912. The van der Waals surface area contributed by atoms with Crippen LogP contribution < -0.4 is 14.8 Å². The lowest BCUT2D eigenvalue weighted by Crippen LogP contribution is -2.26. The third-order valence-electron chi connectivity index (χ3n) is 4.23. The van der Waals surface area contributed by atoms with Gasteiger partial charge in [-0.15, -0.1) is 0 Å². The van der Waals surface area contributed by atoms with Gasteiger partial charge in [-0.3, -0.25) is 0 Å². The molecule has 0 amide bonds. The maximum Gasteiger partial charge on any atom is 0.165 e. The molecule has 3 rings (SSSR count). The highest BCUT2D eigenvalue weighted by Gasteiger charge is 2.21. The second-order valence-corrected chi connectivity index (χ2v) is 5.68. The maximum atomic E-state index is 6.15. The van der Waals surface area contributed by atoms with Gasteiger partial charge in [0.2, 0.25) is 0 Å². The van der Waals surface area contributed by atoms with Crippen LogP contribution in [0.3, 0.4) is 0 Å². The van der Waals surface area contributed by atoms with Crippen molar-refractivity contribution in [2.45, 2.75) is 25.4 Å². The minimum Gasteiger partial charge on any atom is -0.493 e. The number of rotatable bonds is 5. The largest absolute Gasteiger partial charge is 0.493 e. The summed E-state index contributed by atoms with van der Waals surface area (Å²) in [7, 11) is 1.71. The van der Waals surface area contributed by atoms with Crippen molar-refractivity contribution in [3.8, 4) is 11.5 Å². The molecule has 0 aliphatic carbocycles. The first-order valence-corrected chi connectivity index (χ1v) is 7.93. The molecule has 0 unspecified atom stereocenters. The SMILES string of the molecule is COc1cccc(C2CCNCC2)c1OCc1ccccc1. The fraction of sp³-hybridized carbons (Fsp3) is 0.368. The molecular formula is C19H23NO2. The Labute approximate surface area is 132 Å². The molecule has 0 saturated carbocycles. The number of hydrogen-bond donors (Lipinski definition) is 1. The summed E-state index contributed by atoms with van der Waals surface area (Å²) in [5.41, 5.74) is 2.45. The number of piperidine rings is 1. The van der Waals surface area contributed by atoms with Crippen LogP contribution in [0.2, 0.25) is 0 Å². The number of benzene rings is 2. The molecule has 3 heteroatoms. The van der Waals surface area contributed by atoms with Gasteiger partial charge in [0, 0.05) is 5.56 Å². The Hall–Kier alpha value is -2.00. The van der Waals surface area contributed by atoms with E-state index in [0.29, 0.717) is 12.5 Å². The van der Waals surface area contributed by atoms with Crippen molar-refractivity contribution >= 4 is 0 Å². The first kappa shape index (κ1) is 14.9. The highest BCUT2D eigenvalue weighted by atomic mass is 16.5. The van der Waals surface area contributed by atoms with Crippen molar-refractivity contribution in [3.05, 3.63) is 59.7 Å². The number of ether oxygens (including phenoxy) is 2. The van der Waals surface area contributed by atoms with Crippen LogP contribution >= 0.6 is 0 Å². The summed E-state index contributed by atoms with van der Waals surface area (Å²) in [6, 6.07) is 16.5. The minimum absolute atomic E-state index is 0.544. The molecule has 1 saturated heterocycles. The minimum atomic E-state index is 0.544. The third-order valence-corrected chi connectivity index (χ3v) is 4.23. The number of hydrogen-bond acceptors (Lipinski definition) is 3. The Morgan fingerprint density at radius 3 is 2.50 bits per heavy atom. The van der Waals surface area contributed by atoms with Gasteiger partial charge in [-0.1, -0.05) is 42.5 Å². The van der Waals surface area contributed by atoms with Gasteiger partial charge in [-0.25, -0.2) is 0 Å². The Bertz CT molecular complexity index is 592. The van der Waals surface area contributed by atoms with E-state index in [1.54, 1.807) is 7.11 Å².